The van der Waals surface area contributed by atoms with Crippen LogP contribution in [0.15, 0.2) is 109 Å². The maximum absolute atomic E-state index is 12.9. The molecular weight excluding hydrogens is 544 g/mol. The van der Waals surface area contributed by atoms with E-state index in [1.54, 1.807) is 50.4 Å². The van der Waals surface area contributed by atoms with Gasteiger partial charge in [-0.15, -0.1) is 5.10 Å². The molecule has 41 heavy (non-hydrogen) atoms. The van der Waals surface area contributed by atoms with E-state index in [2.05, 4.69) is 15.2 Å². The third-order valence-electron chi connectivity index (χ3n) is 5.72. The van der Waals surface area contributed by atoms with E-state index < -0.39 is 16.0 Å². The fourth-order valence-corrected chi connectivity index (χ4v) is 5.10. The van der Waals surface area contributed by atoms with E-state index in [1.807, 2.05) is 36.4 Å². The molecule has 5 rings (SSSR count). The summed E-state index contributed by atoms with van der Waals surface area (Å²) in [6.07, 6.45) is 4.29. The Morgan fingerprint density at radius 1 is 0.805 bits per heavy atom. The smallest absolute Gasteiger partial charge is 0.339 e. The van der Waals surface area contributed by atoms with E-state index >= 15 is 0 Å². The van der Waals surface area contributed by atoms with Crippen LogP contribution in [0.1, 0.15) is 34.6 Å². The van der Waals surface area contributed by atoms with Crippen LogP contribution in [0.3, 0.4) is 0 Å². The van der Waals surface area contributed by atoms with Gasteiger partial charge in [0.05, 0.1) is 30.0 Å². The highest BCUT2D eigenvalue weighted by Crippen LogP contribution is 2.27. The van der Waals surface area contributed by atoms with Crippen LogP contribution in [0.4, 0.5) is 0 Å². The summed E-state index contributed by atoms with van der Waals surface area (Å²) in [4.78, 5) is 26.6. The minimum Gasteiger partial charge on any atom is -0.462 e. The van der Waals surface area contributed by atoms with E-state index in [-0.39, 0.29) is 23.2 Å². The first-order chi connectivity index (χ1) is 19.8. The first-order valence-electron chi connectivity index (χ1n) is 12.7. The molecule has 2 aromatic carbocycles. The number of aromatic amines is 1. The number of esters is 2. The Balaban J connectivity index is 0.000000208. The van der Waals surface area contributed by atoms with Gasteiger partial charge in [-0.3, -0.25) is 0 Å². The molecule has 0 bridgehead atoms. The molecule has 0 atom stereocenters. The number of H-pyrrole nitrogens is 1. The highest BCUT2D eigenvalue weighted by Gasteiger charge is 2.25. The van der Waals surface area contributed by atoms with E-state index in [0.717, 1.165) is 15.2 Å². The molecule has 210 valence electrons. The van der Waals surface area contributed by atoms with Crippen molar-refractivity contribution in [1.29, 1.82) is 0 Å². The van der Waals surface area contributed by atoms with E-state index in [0.29, 0.717) is 23.4 Å². The second kappa shape index (κ2) is 13.4. The van der Waals surface area contributed by atoms with Gasteiger partial charge in [0.2, 0.25) is 0 Å². The third-order valence-corrected chi connectivity index (χ3v) is 7.28. The van der Waals surface area contributed by atoms with Gasteiger partial charge < -0.3 is 14.5 Å². The van der Waals surface area contributed by atoms with Gasteiger partial charge in [-0.05, 0) is 49.2 Å². The van der Waals surface area contributed by atoms with Crippen molar-refractivity contribution in [3.8, 4) is 22.5 Å². The van der Waals surface area contributed by atoms with Crippen molar-refractivity contribution in [2.24, 2.45) is 0 Å². The molecule has 0 saturated heterocycles. The van der Waals surface area contributed by atoms with Crippen molar-refractivity contribution in [3.05, 3.63) is 115 Å². The Morgan fingerprint density at radius 3 is 2.00 bits per heavy atom. The average molecular weight is 573 g/mol. The van der Waals surface area contributed by atoms with E-state index in [9.17, 15) is 18.0 Å². The molecule has 0 radical (unpaired) electrons. The summed E-state index contributed by atoms with van der Waals surface area (Å²) in [5.74, 6) is -0.881. The molecule has 10 nitrogen and oxygen atoms in total. The topological polar surface area (TPSA) is 133 Å². The van der Waals surface area contributed by atoms with Crippen LogP contribution >= 0.6 is 0 Å². The zero-order chi connectivity index (χ0) is 29.2. The van der Waals surface area contributed by atoms with Gasteiger partial charge in [-0.25, -0.2) is 13.6 Å². The number of nitrogens with zero attached hydrogens (tertiary/aromatic N) is 3. The summed E-state index contributed by atoms with van der Waals surface area (Å²) < 4.78 is 36.8. The lowest BCUT2D eigenvalue weighted by Gasteiger charge is -2.09. The lowest BCUT2D eigenvalue weighted by molar-refractivity contribution is 0.0517. The van der Waals surface area contributed by atoms with Crippen LogP contribution in [-0.2, 0) is 19.5 Å². The molecule has 3 heterocycles. The third kappa shape index (κ3) is 6.95. The highest BCUT2D eigenvalue weighted by molar-refractivity contribution is 7.90. The highest BCUT2D eigenvalue weighted by atomic mass is 32.2. The minimum atomic E-state index is -4.01. The van der Waals surface area contributed by atoms with Crippen LogP contribution in [0, 0.1) is 0 Å². The van der Waals surface area contributed by atoms with Gasteiger partial charge in [0.15, 0.2) is 5.03 Å². The van der Waals surface area contributed by atoms with Crippen LogP contribution in [0.5, 0.6) is 0 Å². The van der Waals surface area contributed by atoms with Crippen LogP contribution in [0.2, 0.25) is 0 Å². The summed E-state index contributed by atoms with van der Waals surface area (Å²) in [7, 11) is -4.01. The largest absolute Gasteiger partial charge is 0.462 e. The monoisotopic (exact) mass is 572 g/mol. The number of rotatable bonds is 8. The van der Waals surface area contributed by atoms with E-state index in [1.165, 1.54) is 30.6 Å². The van der Waals surface area contributed by atoms with Crippen molar-refractivity contribution in [2.75, 3.05) is 13.2 Å². The Kier molecular flexibility index (Phi) is 9.43. The van der Waals surface area contributed by atoms with Crippen molar-refractivity contribution in [3.63, 3.8) is 0 Å². The normalized spacial score (nSPS) is 10.8. The molecule has 0 saturated carbocycles. The number of hydrogen-bond donors (Lipinski definition) is 1. The second-order valence-corrected chi connectivity index (χ2v) is 10.2. The molecule has 0 aliphatic carbocycles. The number of hydrogen-bond acceptors (Lipinski definition) is 8. The summed E-state index contributed by atoms with van der Waals surface area (Å²) in [6.45, 7) is 4.07. The zero-order valence-electron chi connectivity index (χ0n) is 22.4. The fraction of sp³-hybridized carbons (Fsp3) is 0.133. The molecule has 5 aromatic rings. The lowest BCUT2D eigenvalue weighted by Crippen LogP contribution is -2.15. The SMILES string of the molecule is CCOC(=O)c1c[nH]c(-c2ccccc2)c1.CCOC(=O)c1cc(-c2ccccc2)n(S(=O)(=O)c2cccnn2)c1. The van der Waals surface area contributed by atoms with Crippen molar-refractivity contribution in [1.82, 2.24) is 19.2 Å². The number of carbonyl (C=O) groups excluding carboxylic acids is 2. The van der Waals surface area contributed by atoms with Gasteiger partial charge in [0, 0.05) is 24.3 Å². The quantitative estimate of drug-likeness (QED) is 0.250. The van der Waals surface area contributed by atoms with Gasteiger partial charge in [-0.1, -0.05) is 60.7 Å². The molecule has 1 N–H and O–H groups in total. The Morgan fingerprint density at radius 2 is 1.41 bits per heavy atom. The van der Waals surface area contributed by atoms with Crippen LogP contribution in [-0.4, -0.2) is 52.7 Å². The van der Waals surface area contributed by atoms with Crippen molar-refractivity contribution in [2.45, 2.75) is 18.9 Å². The summed E-state index contributed by atoms with van der Waals surface area (Å²) in [5, 5.41) is 7.08. The minimum absolute atomic E-state index is 0.146. The first kappa shape index (κ1) is 29.0. The predicted octanol–water partition coefficient (Wildman–Crippen LogP) is 5.22. The predicted molar refractivity (Wildman–Crippen MR) is 153 cm³/mol. The van der Waals surface area contributed by atoms with Gasteiger partial charge in [0.1, 0.15) is 0 Å². The molecule has 0 spiro atoms. The number of nitrogens with one attached hydrogen (secondary N) is 1. The standard InChI is InChI=1S/C17H15N3O4S.C13H13NO2/c1-2-24-17(21)14-11-15(13-7-4-3-5-8-13)20(12-14)25(22,23)16-9-6-10-18-19-16;1-2-16-13(15)11-8-12(14-9-11)10-6-4-3-5-7-10/h3-12H,2H2,1H3;3-9,14H,2H2,1H3. The molecule has 0 amide bonds. The fourth-order valence-electron chi connectivity index (χ4n) is 3.83. The molecule has 0 aliphatic heterocycles. The summed E-state index contributed by atoms with van der Waals surface area (Å²) in [6, 6.07) is 24.9. The number of aromatic nitrogens is 4. The zero-order valence-corrected chi connectivity index (χ0v) is 23.2. The molecule has 11 heteroatoms. The van der Waals surface area contributed by atoms with Gasteiger partial charge >= 0.3 is 11.9 Å². The van der Waals surface area contributed by atoms with Gasteiger partial charge in [0.25, 0.3) is 10.0 Å². The number of benzene rings is 2. The van der Waals surface area contributed by atoms with Gasteiger partial charge in [-0.2, -0.15) is 13.5 Å². The Labute approximate surface area is 237 Å². The first-order valence-corrected chi connectivity index (χ1v) is 14.2. The Bertz CT molecular complexity index is 1700. The number of ether oxygens (including phenoxy) is 2. The van der Waals surface area contributed by atoms with Crippen molar-refractivity contribution >= 4 is 22.0 Å². The Hall–Kier alpha value is -5.03. The maximum atomic E-state index is 12.9. The second-order valence-electron chi connectivity index (χ2n) is 8.45. The molecule has 0 fully saturated rings. The molecular formula is C30H28N4O6S. The lowest BCUT2D eigenvalue weighted by atomic mass is 10.1. The number of carbonyl (C=O) groups is 2. The van der Waals surface area contributed by atoms with Crippen molar-refractivity contribution < 1.29 is 27.5 Å². The summed E-state index contributed by atoms with van der Waals surface area (Å²) >= 11 is 0. The summed E-state index contributed by atoms with van der Waals surface area (Å²) in [5.41, 5.74) is 3.66. The van der Waals surface area contributed by atoms with E-state index in [4.69, 9.17) is 9.47 Å². The van der Waals surface area contributed by atoms with Crippen LogP contribution in [0.25, 0.3) is 22.5 Å². The molecule has 0 aliphatic rings. The average Bonchev–Trinajstić information content (AvgIpc) is 3.69. The maximum Gasteiger partial charge on any atom is 0.339 e. The molecule has 0 unspecified atom stereocenters. The van der Waals surface area contributed by atoms with Crippen LogP contribution < -0.4 is 0 Å². The molecule has 3 aromatic heterocycles.